The van der Waals surface area contributed by atoms with Gasteiger partial charge in [-0.3, -0.25) is 9.69 Å². The summed E-state index contributed by atoms with van der Waals surface area (Å²) in [6.45, 7) is 0.423. The van der Waals surface area contributed by atoms with E-state index in [9.17, 15) is 4.79 Å². The number of imidazole rings is 1. The summed E-state index contributed by atoms with van der Waals surface area (Å²) in [5.74, 6) is 0.635. The molecule has 138 valence electrons. The van der Waals surface area contributed by atoms with Crippen molar-refractivity contribution in [3.05, 3.63) is 83.6 Å². The highest BCUT2D eigenvalue weighted by molar-refractivity contribution is 6.30. The molecule has 0 spiro atoms. The van der Waals surface area contributed by atoms with Gasteiger partial charge in [0.1, 0.15) is 11.4 Å². The molecule has 0 fully saturated rings. The average Bonchev–Trinajstić information content (AvgIpc) is 3.09. The Labute approximate surface area is 166 Å². The Balaban J connectivity index is 1.66. The van der Waals surface area contributed by atoms with Crippen LogP contribution in [-0.4, -0.2) is 21.9 Å². The van der Waals surface area contributed by atoms with Gasteiger partial charge >= 0.3 is 0 Å². The predicted molar refractivity (Wildman–Crippen MR) is 109 cm³/mol. The predicted octanol–water partition coefficient (Wildman–Crippen LogP) is 4.58. The molecule has 1 aliphatic heterocycles. The molecule has 4 aromatic rings. The molecule has 6 heteroatoms. The lowest BCUT2D eigenvalue weighted by molar-refractivity contribution is -0.121. The molecule has 5 rings (SSSR count). The number of para-hydroxylation sites is 2. The van der Waals surface area contributed by atoms with Crippen molar-refractivity contribution in [1.82, 2.24) is 9.38 Å². The largest absolute Gasteiger partial charge is 0.482 e. The van der Waals surface area contributed by atoms with Crippen molar-refractivity contribution in [1.29, 1.82) is 0 Å². The summed E-state index contributed by atoms with van der Waals surface area (Å²) in [4.78, 5) is 19.2. The first-order valence-corrected chi connectivity index (χ1v) is 9.32. The Bertz CT molecular complexity index is 1180. The average molecular weight is 390 g/mol. The second kappa shape index (κ2) is 6.69. The SMILES string of the molecule is O=C1COc2ccccc2N1Cc1c(-c2ccc(Cl)cc2)nc2ccccn12. The second-order valence-electron chi connectivity index (χ2n) is 6.58. The summed E-state index contributed by atoms with van der Waals surface area (Å²) in [6.07, 6.45) is 1.97. The van der Waals surface area contributed by atoms with Gasteiger partial charge in [0.15, 0.2) is 6.61 Å². The van der Waals surface area contributed by atoms with Crippen molar-refractivity contribution in [2.24, 2.45) is 0 Å². The van der Waals surface area contributed by atoms with E-state index in [2.05, 4.69) is 0 Å². The van der Waals surface area contributed by atoms with Crippen molar-refractivity contribution in [2.45, 2.75) is 6.54 Å². The van der Waals surface area contributed by atoms with E-state index < -0.39 is 0 Å². The maximum Gasteiger partial charge on any atom is 0.265 e. The number of carbonyl (C=O) groups is 1. The van der Waals surface area contributed by atoms with E-state index in [1.165, 1.54) is 0 Å². The van der Waals surface area contributed by atoms with Gasteiger partial charge in [-0.25, -0.2) is 4.98 Å². The zero-order valence-corrected chi connectivity index (χ0v) is 15.6. The van der Waals surface area contributed by atoms with Crippen molar-refractivity contribution in [3.63, 3.8) is 0 Å². The topological polar surface area (TPSA) is 46.8 Å². The molecular formula is C22H16ClN3O2. The number of amides is 1. The molecule has 2 aromatic heterocycles. The van der Waals surface area contributed by atoms with Crippen LogP contribution in [0.25, 0.3) is 16.9 Å². The van der Waals surface area contributed by atoms with Gasteiger partial charge in [-0.05, 0) is 36.4 Å². The number of benzene rings is 2. The van der Waals surface area contributed by atoms with Crippen molar-refractivity contribution < 1.29 is 9.53 Å². The second-order valence-corrected chi connectivity index (χ2v) is 7.02. The molecule has 28 heavy (non-hydrogen) atoms. The third-order valence-corrected chi connectivity index (χ3v) is 5.11. The molecule has 5 nitrogen and oxygen atoms in total. The molecule has 1 amide bonds. The number of nitrogens with zero attached hydrogens (tertiary/aromatic N) is 3. The number of halogens is 1. The minimum absolute atomic E-state index is 0.0318. The highest BCUT2D eigenvalue weighted by Gasteiger charge is 2.27. The first kappa shape index (κ1) is 16.8. The third-order valence-electron chi connectivity index (χ3n) is 4.86. The number of fused-ring (bicyclic) bond motifs is 2. The van der Waals surface area contributed by atoms with Crippen LogP contribution in [0.4, 0.5) is 5.69 Å². The van der Waals surface area contributed by atoms with E-state index in [-0.39, 0.29) is 12.5 Å². The molecule has 0 atom stereocenters. The molecule has 2 aromatic carbocycles. The number of ether oxygens (including phenoxy) is 1. The number of aromatic nitrogens is 2. The highest BCUT2D eigenvalue weighted by Crippen LogP contribution is 2.34. The molecule has 0 saturated heterocycles. The number of pyridine rings is 1. The Hall–Kier alpha value is -3.31. The minimum atomic E-state index is -0.0772. The van der Waals surface area contributed by atoms with Crippen LogP contribution in [0.1, 0.15) is 5.69 Å². The Morgan fingerprint density at radius 1 is 1.00 bits per heavy atom. The number of hydrogen-bond acceptors (Lipinski definition) is 3. The van der Waals surface area contributed by atoms with Crippen LogP contribution in [0.3, 0.4) is 0 Å². The maximum absolute atomic E-state index is 12.7. The van der Waals surface area contributed by atoms with E-state index in [0.29, 0.717) is 17.3 Å². The van der Waals surface area contributed by atoms with E-state index >= 15 is 0 Å². The van der Waals surface area contributed by atoms with Crippen LogP contribution in [0.15, 0.2) is 72.9 Å². The van der Waals surface area contributed by atoms with E-state index in [1.807, 2.05) is 77.3 Å². The fourth-order valence-electron chi connectivity index (χ4n) is 3.51. The van der Waals surface area contributed by atoms with E-state index in [4.69, 9.17) is 21.3 Å². The van der Waals surface area contributed by atoms with Gasteiger partial charge in [-0.15, -0.1) is 0 Å². The molecule has 0 unspecified atom stereocenters. The molecule has 3 heterocycles. The molecule has 0 radical (unpaired) electrons. The minimum Gasteiger partial charge on any atom is -0.482 e. The van der Waals surface area contributed by atoms with E-state index in [1.54, 1.807) is 4.90 Å². The van der Waals surface area contributed by atoms with Gasteiger partial charge in [-0.2, -0.15) is 0 Å². The summed E-state index contributed by atoms with van der Waals surface area (Å²) < 4.78 is 7.60. The van der Waals surface area contributed by atoms with Crippen molar-refractivity contribution in [3.8, 4) is 17.0 Å². The fourth-order valence-corrected chi connectivity index (χ4v) is 3.64. The standard InChI is InChI=1S/C22H16ClN3O2/c23-16-10-8-15(9-11-16)22-18(25-12-4-3-7-20(25)24-22)13-26-17-5-1-2-6-19(17)28-14-21(26)27/h1-12H,13-14H2. The van der Waals surface area contributed by atoms with Crippen LogP contribution >= 0.6 is 11.6 Å². The highest BCUT2D eigenvalue weighted by atomic mass is 35.5. The van der Waals surface area contributed by atoms with Crippen LogP contribution in [0.5, 0.6) is 5.75 Å². The number of rotatable bonds is 3. The lowest BCUT2D eigenvalue weighted by Gasteiger charge is -2.29. The van der Waals surface area contributed by atoms with Crippen LogP contribution in [-0.2, 0) is 11.3 Å². The molecule has 0 saturated carbocycles. The monoisotopic (exact) mass is 389 g/mol. The van der Waals surface area contributed by atoms with Gasteiger partial charge in [-0.1, -0.05) is 41.9 Å². The van der Waals surface area contributed by atoms with Crippen LogP contribution < -0.4 is 9.64 Å². The summed E-state index contributed by atoms with van der Waals surface area (Å²) >= 11 is 6.06. The number of hydrogen-bond donors (Lipinski definition) is 0. The Kier molecular flexibility index (Phi) is 4.02. The van der Waals surface area contributed by atoms with Crippen molar-refractivity contribution in [2.75, 3.05) is 11.5 Å². The molecular weight excluding hydrogens is 374 g/mol. The van der Waals surface area contributed by atoms with Crippen LogP contribution in [0.2, 0.25) is 5.02 Å². The van der Waals surface area contributed by atoms with Gasteiger partial charge < -0.3 is 9.14 Å². The third kappa shape index (κ3) is 2.80. The quantitative estimate of drug-likeness (QED) is 0.515. The molecule has 0 N–H and O–H groups in total. The smallest absolute Gasteiger partial charge is 0.265 e. The summed E-state index contributed by atoms with van der Waals surface area (Å²) in [5.41, 5.74) is 4.32. The Morgan fingerprint density at radius 3 is 2.64 bits per heavy atom. The number of anilines is 1. The summed E-state index contributed by atoms with van der Waals surface area (Å²) in [5, 5.41) is 0.673. The van der Waals surface area contributed by atoms with E-state index in [0.717, 1.165) is 28.3 Å². The van der Waals surface area contributed by atoms with Gasteiger partial charge in [0.05, 0.1) is 23.6 Å². The first-order chi connectivity index (χ1) is 13.7. The normalized spacial score (nSPS) is 13.5. The Morgan fingerprint density at radius 2 is 1.79 bits per heavy atom. The van der Waals surface area contributed by atoms with Crippen molar-refractivity contribution >= 4 is 28.8 Å². The number of carbonyl (C=O) groups excluding carboxylic acids is 1. The molecule has 0 aliphatic carbocycles. The lowest BCUT2D eigenvalue weighted by Crippen LogP contribution is -2.38. The maximum atomic E-state index is 12.7. The van der Waals surface area contributed by atoms with Gasteiger partial charge in [0.2, 0.25) is 0 Å². The first-order valence-electron chi connectivity index (χ1n) is 8.95. The van der Waals surface area contributed by atoms with Gasteiger partial charge in [0.25, 0.3) is 5.91 Å². The zero-order chi connectivity index (χ0) is 19.1. The van der Waals surface area contributed by atoms with Crippen LogP contribution in [0, 0.1) is 0 Å². The molecule has 0 bridgehead atoms. The summed E-state index contributed by atoms with van der Waals surface area (Å²) in [6, 6.07) is 21.0. The lowest BCUT2D eigenvalue weighted by atomic mass is 10.1. The fraction of sp³-hybridized carbons (Fsp3) is 0.0909. The zero-order valence-electron chi connectivity index (χ0n) is 14.9. The van der Waals surface area contributed by atoms with Gasteiger partial charge in [0, 0.05) is 16.8 Å². The summed E-state index contributed by atoms with van der Waals surface area (Å²) in [7, 11) is 0. The molecule has 1 aliphatic rings.